The molecule has 1 saturated carbocycles. The van der Waals surface area contributed by atoms with Crippen LogP contribution < -0.4 is 5.73 Å². The highest BCUT2D eigenvalue weighted by Gasteiger charge is 2.24. The molecule has 0 spiro atoms. The highest BCUT2D eigenvalue weighted by Crippen LogP contribution is 2.21. The molecule has 2 N–H and O–H groups in total. The second-order valence-corrected chi connectivity index (χ2v) is 5.43. The Kier molecular flexibility index (Phi) is 9.40. The largest absolute Gasteiger partial charge is 0.365 e. The lowest BCUT2D eigenvalue weighted by Crippen LogP contribution is -2.45. The van der Waals surface area contributed by atoms with Gasteiger partial charge in [0, 0.05) is 19.6 Å². The van der Waals surface area contributed by atoms with Crippen LogP contribution in [0.2, 0.25) is 0 Å². The smallest absolute Gasteiger partial charge is 0.251 e. The maximum Gasteiger partial charge on any atom is 0.251 e. The second kappa shape index (κ2) is 9.56. The second-order valence-electron chi connectivity index (χ2n) is 5.43. The van der Waals surface area contributed by atoms with Crippen molar-refractivity contribution in [1.82, 2.24) is 4.90 Å². The highest BCUT2D eigenvalue weighted by molar-refractivity contribution is 5.85. The number of amides is 1. The molecule has 1 fully saturated rings. The summed E-state index contributed by atoms with van der Waals surface area (Å²) in [4.78, 5) is 13.8. The molecule has 0 saturated heterocycles. The molecule has 0 aromatic heterocycles. The normalized spacial score (nSPS) is 20.0. The van der Waals surface area contributed by atoms with Gasteiger partial charge in [-0.25, -0.2) is 0 Å². The van der Waals surface area contributed by atoms with Gasteiger partial charge in [-0.05, 0) is 26.7 Å². The third-order valence-electron chi connectivity index (χ3n) is 3.90. The van der Waals surface area contributed by atoms with E-state index in [-0.39, 0.29) is 36.6 Å². The van der Waals surface area contributed by atoms with Crippen molar-refractivity contribution >= 4 is 18.3 Å². The van der Waals surface area contributed by atoms with Gasteiger partial charge in [0.15, 0.2) is 0 Å². The van der Waals surface area contributed by atoms with Crippen molar-refractivity contribution in [2.75, 3.05) is 13.6 Å². The van der Waals surface area contributed by atoms with Crippen molar-refractivity contribution in [3.8, 4) is 0 Å². The summed E-state index contributed by atoms with van der Waals surface area (Å²) in [6.45, 7) is 4.29. The molecule has 1 aliphatic rings. The summed E-state index contributed by atoms with van der Waals surface area (Å²) in [5.74, 6) is 0.0391. The van der Waals surface area contributed by atoms with Gasteiger partial charge in [0.1, 0.15) is 6.10 Å². The van der Waals surface area contributed by atoms with Crippen LogP contribution in [0.4, 0.5) is 0 Å². The van der Waals surface area contributed by atoms with Gasteiger partial charge in [-0.1, -0.05) is 25.7 Å². The van der Waals surface area contributed by atoms with Crippen LogP contribution in [0.5, 0.6) is 0 Å². The summed E-state index contributed by atoms with van der Waals surface area (Å²) >= 11 is 0. The van der Waals surface area contributed by atoms with E-state index < -0.39 is 0 Å². The molecule has 1 amide bonds. The van der Waals surface area contributed by atoms with Crippen molar-refractivity contribution in [3.05, 3.63) is 0 Å². The Morgan fingerprint density at radius 3 is 2.26 bits per heavy atom. The van der Waals surface area contributed by atoms with Crippen molar-refractivity contribution in [2.45, 2.75) is 70.6 Å². The number of halogens is 1. The van der Waals surface area contributed by atoms with E-state index in [4.69, 9.17) is 10.5 Å². The zero-order valence-electron chi connectivity index (χ0n) is 12.4. The van der Waals surface area contributed by atoms with Crippen LogP contribution in [-0.4, -0.2) is 42.6 Å². The Bertz CT molecular complexity index is 256. The van der Waals surface area contributed by atoms with Gasteiger partial charge in [0.05, 0.1) is 6.10 Å². The lowest BCUT2D eigenvalue weighted by molar-refractivity contribution is -0.147. The van der Waals surface area contributed by atoms with Gasteiger partial charge < -0.3 is 15.4 Å². The minimum absolute atomic E-state index is 0. The molecule has 1 aliphatic carbocycles. The van der Waals surface area contributed by atoms with E-state index in [1.54, 1.807) is 11.9 Å². The molecule has 1 rings (SSSR count). The molecule has 2 atom stereocenters. The molecule has 0 aromatic carbocycles. The standard InChI is InChI=1S/C14H28N2O2.ClH/c1-11(10-15)16(3)14(17)12(2)18-13-8-6-4-5-7-9-13;/h11-13H,4-10,15H2,1-3H3;1H. The fraction of sp³-hybridized carbons (Fsp3) is 0.929. The molecular formula is C14H29ClN2O2. The predicted molar refractivity (Wildman–Crippen MR) is 80.6 cm³/mol. The average Bonchev–Trinajstić information content (AvgIpc) is 2.64. The Labute approximate surface area is 123 Å². The number of hydrogen-bond donors (Lipinski definition) is 1. The molecule has 0 bridgehead atoms. The van der Waals surface area contributed by atoms with Gasteiger partial charge in [-0.2, -0.15) is 0 Å². The predicted octanol–water partition coefficient (Wildman–Crippen LogP) is 2.34. The molecule has 2 unspecified atom stereocenters. The summed E-state index contributed by atoms with van der Waals surface area (Å²) in [6, 6.07) is 0.0673. The quantitative estimate of drug-likeness (QED) is 0.791. The molecule has 4 nitrogen and oxygen atoms in total. The van der Waals surface area contributed by atoms with Crippen molar-refractivity contribution in [2.24, 2.45) is 5.73 Å². The third-order valence-corrected chi connectivity index (χ3v) is 3.90. The van der Waals surface area contributed by atoms with Gasteiger partial charge >= 0.3 is 0 Å². The van der Waals surface area contributed by atoms with E-state index in [2.05, 4.69) is 0 Å². The third kappa shape index (κ3) is 6.11. The van der Waals surface area contributed by atoms with E-state index in [0.717, 1.165) is 12.8 Å². The van der Waals surface area contributed by atoms with E-state index >= 15 is 0 Å². The molecule has 114 valence electrons. The zero-order valence-corrected chi connectivity index (χ0v) is 13.2. The monoisotopic (exact) mass is 292 g/mol. The summed E-state index contributed by atoms with van der Waals surface area (Å²) < 4.78 is 5.92. The summed E-state index contributed by atoms with van der Waals surface area (Å²) in [5, 5.41) is 0. The van der Waals surface area contributed by atoms with Gasteiger partial charge in [-0.3, -0.25) is 4.79 Å². The fourth-order valence-electron chi connectivity index (χ4n) is 2.39. The molecule has 0 radical (unpaired) electrons. The molecule has 5 heteroatoms. The molecule has 0 aliphatic heterocycles. The minimum Gasteiger partial charge on any atom is -0.365 e. The number of nitrogens with zero attached hydrogens (tertiary/aromatic N) is 1. The summed E-state index contributed by atoms with van der Waals surface area (Å²) in [5.41, 5.74) is 5.58. The van der Waals surface area contributed by atoms with E-state index in [9.17, 15) is 4.79 Å². The van der Waals surface area contributed by atoms with Crippen LogP contribution in [0.15, 0.2) is 0 Å². The molecule has 19 heavy (non-hydrogen) atoms. The zero-order chi connectivity index (χ0) is 13.5. The average molecular weight is 293 g/mol. The van der Waals surface area contributed by atoms with Crippen molar-refractivity contribution < 1.29 is 9.53 Å². The maximum absolute atomic E-state index is 12.1. The number of likely N-dealkylation sites (N-methyl/N-ethyl adjacent to an activating group) is 1. The van der Waals surface area contributed by atoms with Crippen LogP contribution in [0, 0.1) is 0 Å². The van der Waals surface area contributed by atoms with Crippen molar-refractivity contribution in [1.29, 1.82) is 0 Å². The van der Waals surface area contributed by atoms with E-state index in [0.29, 0.717) is 6.54 Å². The van der Waals surface area contributed by atoms with Crippen LogP contribution in [0.1, 0.15) is 52.4 Å². The van der Waals surface area contributed by atoms with Crippen LogP contribution >= 0.6 is 12.4 Å². The number of carbonyl (C=O) groups is 1. The number of nitrogens with two attached hydrogens (primary N) is 1. The van der Waals surface area contributed by atoms with Crippen LogP contribution in [-0.2, 0) is 9.53 Å². The van der Waals surface area contributed by atoms with E-state index in [1.807, 2.05) is 13.8 Å². The number of hydrogen-bond acceptors (Lipinski definition) is 3. The first-order chi connectivity index (χ1) is 8.56. The molecule has 0 heterocycles. The maximum atomic E-state index is 12.1. The SMILES string of the molecule is CC(OC1CCCCCC1)C(=O)N(C)C(C)CN.Cl. The van der Waals surface area contributed by atoms with E-state index in [1.165, 1.54) is 25.7 Å². The Balaban J connectivity index is 0.00000324. The lowest BCUT2D eigenvalue weighted by Gasteiger charge is -2.28. The Hall–Kier alpha value is -0.320. The summed E-state index contributed by atoms with van der Waals surface area (Å²) in [6.07, 6.45) is 7.13. The number of carbonyl (C=O) groups excluding carboxylic acids is 1. The Morgan fingerprint density at radius 2 is 1.79 bits per heavy atom. The molecular weight excluding hydrogens is 264 g/mol. The number of ether oxygens (including phenoxy) is 1. The number of rotatable bonds is 5. The summed E-state index contributed by atoms with van der Waals surface area (Å²) in [7, 11) is 1.80. The molecule has 0 aromatic rings. The first-order valence-electron chi connectivity index (χ1n) is 7.18. The first-order valence-corrected chi connectivity index (χ1v) is 7.18. The van der Waals surface area contributed by atoms with Gasteiger partial charge in [0.25, 0.3) is 5.91 Å². The highest BCUT2D eigenvalue weighted by atomic mass is 35.5. The fourth-order valence-corrected chi connectivity index (χ4v) is 2.39. The van der Waals surface area contributed by atoms with Gasteiger partial charge in [-0.15, -0.1) is 12.4 Å². The van der Waals surface area contributed by atoms with Gasteiger partial charge in [0.2, 0.25) is 0 Å². The first kappa shape index (κ1) is 18.7. The topological polar surface area (TPSA) is 55.6 Å². The van der Waals surface area contributed by atoms with Crippen LogP contribution in [0.3, 0.4) is 0 Å². The van der Waals surface area contributed by atoms with Crippen LogP contribution in [0.25, 0.3) is 0 Å². The lowest BCUT2D eigenvalue weighted by atomic mass is 10.1. The van der Waals surface area contributed by atoms with Crippen molar-refractivity contribution in [3.63, 3.8) is 0 Å². The minimum atomic E-state index is -0.355. The Morgan fingerprint density at radius 1 is 1.26 bits per heavy atom.